The van der Waals surface area contributed by atoms with Gasteiger partial charge in [0.1, 0.15) is 5.82 Å². The molecule has 2 atom stereocenters. The van der Waals surface area contributed by atoms with E-state index in [1.54, 1.807) is 12.1 Å². The maximum atomic E-state index is 13.1. The summed E-state index contributed by atoms with van der Waals surface area (Å²) in [6.07, 6.45) is 2.15. The summed E-state index contributed by atoms with van der Waals surface area (Å²) in [5, 5.41) is 9.44. The number of carbonyl (C=O) groups is 3. The molecule has 0 bridgehead atoms. The number of aromatic nitrogens is 2. The van der Waals surface area contributed by atoms with Crippen molar-refractivity contribution in [3.63, 3.8) is 0 Å². The minimum Gasteiger partial charge on any atom is -0.453 e. The number of thiazole rings is 1. The van der Waals surface area contributed by atoms with Gasteiger partial charge in [0.15, 0.2) is 10.00 Å². The monoisotopic (exact) mass is 587 g/mol. The van der Waals surface area contributed by atoms with Crippen molar-refractivity contribution >= 4 is 76.3 Å². The Balaban J connectivity index is 0.00000380. The number of anilines is 1. The van der Waals surface area contributed by atoms with Crippen molar-refractivity contribution in [2.24, 2.45) is 0 Å². The summed E-state index contributed by atoms with van der Waals surface area (Å²) in [7, 11) is 3.34. The number of carbonyl (C=O) groups excluding carboxylic acids is 3. The summed E-state index contributed by atoms with van der Waals surface area (Å²) in [4.78, 5) is 51.2. The van der Waals surface area contributed by atoms with Gasteiger partial charge < -0.3 is 30.5 Å². The van der Waals surface area contributed by atoms with E-state index in [-0.39, 0.29) is 29.8 Å². The third-order valence-electron chi connectivity index (χ3n) is 5.97. The van der Waals surface area contributed by atoms with Crippen LogP contribution in [0, 0.1) is 0 Å². The number of halogens is 2. The van der Waals surface area contributed by atoms with E-state index in [0.29, 0.717) is 28.8 Å². The van der Waals surface area contributed by atoms with E-state index in [4.69, 9.17) is 28.6 Å². The molecule has 0 spiro atoms. The first-order valence-electron chi connectivity index (χ1n) is 11.3. The molecule has 1 saturated heterocycles. The van der Waals surface area contributed by atoms with Crippen LogP contribution in [-0.4, -0.2) is 88.5 Å². The number of likely N-dealkylation sites (tertiary alicyclic amines) is 1. The van der Waals surface area contributed by atoms with Gasteiger partial charge in [0.25, 0.3) is 11.8 Å². The van der Waals surface area contributed by atoms with Crippen LogP contribution in [0.25, 0.3) is 0 Å². The van der Waals surface area contributed by atoms with Crippen molar-refractivity contribution in [2.75, 3.05) is 39.1 Å². The number of ether oxygens (including phenoxy) is 1. The van der Waals surface area contributed by atoms with Gasteiger partial charge in [0.2, 0.25) is 0 Å². The van der Waals surface area contributed by atoms with E-state index >= 15 is 0 Å². The first-order chi connectivity index (χ1) is 17.2. The molecular formula is C22H27Cl2N7O4S2. The minimum absolute atomic E-state index is 0. The summed E-state index contributed by atoms with van der Waals surface area (Å²) in [6, 6.07) is 2.23. The third kappa shape index (κ3) is 7.26. The molecule has 3 amide bonds. The number of pyridine rings is 1. The number of rotatable bonds is 4. The predicted molar refractivity (Wildman–Crippen MR) is 147 cm³/mol. The zero-order valence-electron chi connectivity index (χ0n) is 20.2. The van der Waals surface area contributed by atoms with Crippen LogP contribution in [0.15, 0.2) is 18.3 Å². The molecule has 4 rings (SSSR count). The Kier molecular flexibility index (Phi) is 10.0. The number of thiocarbonyl (C=S) groups is 1. The van der Waals surface area contributed by atoms with Crippen molar-refractivity contribution in [3.05, 3.63) is 38.9 Å². The molecule has 2 aromatic rings. The van der Waals surface area contributed by atoms with E-state index in [1.165, 1.54) is 29.5 Å². The Morgan fingerprint density at radius 2 is 2.00 bits per heavy atom. The molecule has 1 fully saturated rings. The van der Waals surface area contributed by atoms with E-state index in [0.717, 1.165) is 30.1 Å². The van der Waals surface area contributed by atoms with E-state index < -0.39 is 24.1 Å². The highest BCUT2D eigenvalue weighted by atomic mass is 35.5. The van der Waals surface area contributed by atoms with Crippen molar-refractivity contribution in [1.82, 2.24) is 30.4 Å². The Morgan fingerprint density at radius 1 is 1.22 bits per heavy atom. The van der Waals surface area contributed by atoms with Gasteiger partial charge in [-0.1, -0.05) is 23.8 Å². The lowest BCUT2D eigenvalue weighted by Crippen LogP contribution is -2.62. The Labute approximate surface area is 234 Å². The fraction of sp³-hybridized carbons (Fsp3) is 0.455. The minimum atomic E-state index is -0.544. The van der Waals surface area contributed by atoms with Gasteiger partial charge in [-0.15, -0.1) is 23.7 Å². The van der Waals surface area contributed by atoms with Crippen LogP contribution < -0.4 is 16.0 Å². The zero-order chi connectivity index (χ0) is 25.8. The summed E-state index contributed by atoms with van der Waals surface area (Å²) in [5.41, 5.74) is 0.950. The van der Waals surface area contributed by atoms with E-state index in [2.05, 4.69) is 30.8 Å². The van der Waals surface area contributed by atoms with Crippen LogP contribution in [0.5, 0.6) is 0 Å². The Bertz CT molecular complexity index is 1160. The van der Waals surface area contributed by atoms with Gasteiger partial charge in [-0.3, -0.25) is 9.59 Å². The maximum absolute atomic E-state index is 13.1. The highest BCUT2D eigenvalue weighted by molar-refractivity contribution is 7.82. The zero-order valence-corrected chi connectivity index (χ0v) is 23.4. The number of nitrogens with zero attached hydrogens (tertiary/aromatic N) is 4. The Morgan fingerprint density at radius 3 is 2.70 bits per heavy atom. The van der Waals surface area contributed by atoms with Crippen molar-refractivity contribution in [3.8, 4) is 0 Å². The van der Waals surface area contributed by atoms with Gasteiger partial charge in [-0.25, -0.2) is 14.8 Å². The number of fused-ring (bicyclic) bond motifs is 1. The highest BCUT2D eigenvalue weighted by Gasteiger charge is 2.35. The van der Waals surface area contributed by atoms with Gasteiger partial charge in [-0.2, -0.15) is 0 Å². The largest absolute Gasteiger partial charge is 0.453 e. The summed E-state index contributed by atoms with van der Waals surface area (Å²) < 4.78 is 4.85. The average Bonchev–Trinajstić information content (AvgIpc) is 3.29. The quantitative estimate of drug-likeness (QED) is 0.460. The van der Waals surface area contributed by atoms with E-state index in [1.807, 2.05) is 7.05 Å². The fourth-order valence-corrected chi connectivity index (χ4v) is 5.48. The first-order valence-corrected chi connectivity index (χ1v) is 12.9. The number of piperidine rings is 1. The van der Waals surface area contributed by atoms with Crippen LogP contribution in [0.3, 0.4) is 0 Å². The number of nitrogens with one attached hydrogen (secondary N) is 3. The normalized spacial score (nSPS) is 19.2. The molecule has 200 valence electrons. The van der Waals surface area contributed by atoms with Gasteiger partial charge in [0.05, 0.1) is 29.9 Å². The molecule has 2 aliphatic rings. The van der Waals surface area contributed by atoms with E-state index in [9.17, 15) is 14.4 Å². The van der Waals surface area contributed by atoms with Crippen molar-refractivity contribution < 1.29 is 19.1 Å². The molecule has 37 heavy (non-hydrogen) atoms. The fourth-order valence-electron chi connectivity index (χ4n) is 4.07. The van der Waals surface area contributed by atoms with Crippen LogP contribution in [0.1, 0.15) is 26.8 Å². The SMILES string of the molecule is COC(=O)N1CC[C@H](NC(=S)C(=O)Nc2ccc(Cl)cn2)[C@H](NC(=O)c2nc3c(s2)CN(C)CC3)C1.Cl. The van der Waals surface area contributed by atoms with Gasteiger partial charge in [-0.05, 0) is 25.6 Å². The van der Waals surface area contributed by atoms with Crippen LogP contribution in [-0.2, 0) is 22.5 Å². The molecule has 0 unspecified atom stereocenters. The van der Waals surface area contributed by atoms with Gasteiger partial charge >= 0.3 is 6.09 Å². The molecule has 0 radical (unpaired) electrons. The smallest absolute Gasteiger partial charge is 0.409 e. The number of hydrogen-bond donors (Lipinski definition) is 3. The summed E-state index contributed by atoms with van der Waals surface area (Å²) in [5.74, 6) is -0.574. The molecule has 15 heteroatoms. The number of amides is 3. The summed E-state index contributed by atoms with van der Waals surface area (Å²) >= 11 is 12.5. The lowest BCUT2D eigenvalue weighted by molar-refractivity contribution is -0.110. The molecule has 3 N–H and O–H groups in total. The molecular weight excluding hydrogens is 561 g/mol. The van der Waals surface area contributed by atoms with Gasteiger partial charge in [0, 0.05) is 43.7 Å². The lowest BCUT2D eigenvalue weighted by atomic mass is 9.99. The van der Waals surface area contributed by atoms with Crippen LogP contribution in [0.4, 0.5) is 10.6 Å². The summed E-state index contributed by atoms with van der Waals surface area (Å²) in [6.45, 7) is 2.21. The molecule has 0 aliphatic carbocycles. The average molecular weight is 589 g/mol. The molecule has 4 heterocycles. The number of likely N-dealkylation sites (N-methyl/N-ethyl adjacent to an activating group) is 1. The Hall–Kier alpha value is -2.58. The topological polar surface area (TPSA) is 129 Å². The van der Waals surface area contributed by atoms with Crippen molar-refractivity contribution in [1.29, 1.82) is 0 Å². The molecule has 0 saturated carbocycles. The maximum Gasteiger partial charge on any atom is 0.409 e. The highest BCUT2D eigenvalue weighted by Crippen LogP contribution is 2.25. The lowest BCUT2D eigenvalue weighted by Gasteiger charge is -2.38. The second-order valence-corrected chi connectivity index (χ2v) is 10.5. The molecule has 2 aromatic heterocycles. The molecule has 2 aliphatic heterocycles. The van der Waals surface area contributed by atoms with Crippen LogP contribution >= 0.6 is 47.6 Å². The number of hydrogen-bond acceptors (Lipinski definition) is 9. The first kappa shape index (κ1) is 29.0. The molecule has 0 aromatic carbocycles. The predicted octanol–water partition coefficient (Wildman–Crippen LogP) is 2.10. The second kappa shape index (κ2) is 12.8. The standard InChI is InChI=1S/C22H26ClN7O4S2.ClH/c1-29-7-5-14-16(11-29)36-21(27-14)19(32)25-15-10-30(22(33)34-2)8-6-13(15)26-20(35)18(31)28-17-4-3-12(23)9-24-17;/h3-4,9,13,15H,5-8,10-11H2,1-2H3,(H,25,32)(H,26,35)(H,24,28,31);1H/t13-,15+;/m0./s1. The van der Waals surface area contributed by atoms with Crippen molar-refractivity contribution in [2.45, 2.75) is 31.5 Å². The third-order valence-corrected chi connectivity index (χ3v) is 7.58. The number of methoxy groups -OCH3 is 1. The molecule has 11 nitrogen and oxygen atoms in total. The van der Waals surface area contributed by atoms with Crippen LogP contribution in [0.2, 0.25) is 5.02 Å². The second-order valence-electron chi connectivity index (χ2n) is 8.56.